The van der Waals surface area contributed by atoms with E-state index in [0.717, 1.165) is 24.0 Å². The van der Waals surface area contributed by atoms with E-state index < -0.39 is 21.2 Å². The van der Waals surface area contributed by atoms with Crippen LogP contribution in [0.25, 0.3) is 0 Å². The maximum absolute atomic E-state index is 13.8. The van der Waals surface area contributed by atoms with Crippen LogP contribution in [0.15, 0.2) is 48.5 Å². The average Bonchev–Trinajstić information content (AvgIpc) is 3.36. The van der Waals surface area contributed by atoms with E-state index >= 15 is 0 Å². The molecule has 0 N–H and O–H groups in total. The zero-order valence-electron chi connectivity index (χ0n) is 19.2. The fourth-order valence-corrected chi connectivity index (χ4v) is 5.64. The number of hydrogen-bond donors (Lipinski definition) is 0. The average molecular weight is 478 g/mol. The zero-order valence-corrected chi connectivity index (χ0v) is 20.0. The van der Waals surface area contributed by atoms with Gasteiger partial charge in [0.1, 0.15) is 11.5 Å². The summed E-state index contributed by atoms with van der Waals surface area (Å²) in [6.07, 6.45) is 1.35. The number of carbonyl (C=O) groups excluding carboxylic acids is 1. The monoisotopic (exact) mass is 477 g/mol. The second-order valence-corrected chi connectivity index (χ2v) is 10.0. The van der Waals surface area contributed by atoms with Gasteiger partial charge in [0.05, 0.1) is 27.4 Å². The molecule has 1 saturated heterocycles. The lowest BCUT2D eigenvalue weighted by molar-refractivity contribution is -0.140. The molecule has 9 heteroatoms. The molecule has 8 nitrogen and oxygen atoms in total. The zero-order chi connectivity index (χ0) is 23.8. The fraction of sp³-hybridized carbons (Fsp3) is 0.458. The molecule has 0 aromatic heterocycles. The molecule has 0 saturated carbocycles. The van der Waals surface area contributed by atoms with E-state index in [0.29, 0.717) is 18.1 Å². The molecule has 3 rings (SSSR count). The molecular weight excluding hydrogens is 446 g/mol. The standard InChI is InChI=1S/C24H31NO7S/c1-29-20-10-6-18(7-11-20)16-25(17-19-8-12-21(30-2)13-9-19)33(27,28)23(24(26)31-3)15-22-5-4-14-32-22/h6-13,22-23H,4-5,14-17H2,1-3H3/t22-,23+/m0/s1. The molecule has 2 aromatic carbocycles. The minimum atomic E-state index is -4.07. The Balaban J connectivity index is 1.92. The second-order valence-electron chi connectivity index (χ2n) is 7.89. The number of ether oxygens (including phenoxy) is 4. The van der Waals surface area contributed by atoms with E-state index in [4.69, 9.17) is 18.9 Å². The van der Waals surface area contributed by atoms with Gasteiger partial charge < -0.3 is 18.9 Å². The molecule has 0 spiro atoms. The highest BCUT2D eigenvalue weighted by Crippen LogP contribution is 2.26. The van der Waals surface area contributed by atoms with Crippen molar-refractivity contribution in [2.75, 3.05) is 27.9 Å². The number of hydrogen-bond acceptors (Lipinski definition) is 7. The van der Waals surface area contributed by atoms with Crippen LogP contribution in [0.1, 0.15) is 30.4 Å². The van der Waals surface area contributed by atoms with Crippen molar-refractivity contribution in [3.63, 3.8) is 0 Å². The van der Waals surface area contributed by atoms with Crippen LogP contribution in [-0.4, -0.2) is 58.0 Å². The number of sulfonamides is 1. The Morgan fingerprint density at radius 1 is 0.970 bits per heavy atom. The first-order valence-corrected chi connectivity index (χ1v) is 12.3. The minimum Gasteiger partial charge on any atom is -0.497 e. The predicted octanol–water partition coefficient (Wildman–Crippen LogP) is 3.15. The highest BCUT2D eigenvalue weighted by molar-refractivity contribution is 7.90. The lowest BCUT2D eigenvalue weighted by Gasteiger charge is -2.28. The Hall–Kier alpha value is -2.62. The van der Waals surface area contributed by atoms with Crippen LogP contribution in [0.4, 0.5) is 0 Å². The first-order valence-electron chi connectivity index (χ1n) is 10.8. The minimum absolute atomic E-state index is 0.0662. The Morgan fingerprint density at radius 3 is 1.88 bits per heavy atom. The summed E-state index contributed by atoms with van der Waals surface area (Å²) in [4.78, 5) is 12.6. The van der Waals surface area contributed by atoms with Gasteiger partial charge in [-0.05, 0) is 48.2 Å². The number of esters is 1. The maximum Gasteiger partial charge on any atom is 0.325 e. The highest BCUT2D eigenvalue weighted by Gasteiger charge is 2.41. The number of nitrogens with zero attached hydrogens (tertiary/aromatic N) is 1. The van der Waals surface area contributed by atoms with Crippen molar-refractivity contribution in [1.29, 1.82) is 0 Å². The summed E-state index contributed by atoms with van der Waals surface area (Å²) in [5.41, 5.74) is 1.54. The summed E-state index contributed by atoms with van der Waals surface area (Å²) < 4.78 is 49.8. The van der Waals surface area contributed by atoms with Crippen molar-refractivity contribution in [1.82, 2.24) is 4.31 Å². The third-order valence-electron chi connectivity index (χ3n) is 5.72. The number of rotatable bonds is 11. The summed E-state index contributed by atoms with van der Waals surface area (Å²) in [6.45, 7) is 0.759. The van der Waals surface area contributed by atoms with E-state index in [1.165, 1.54) is 11.4 Å². The van der Waals surface area contributed by atoms with Crippen LogP contribution < -0.4 is 9.47 Å². The van der Waals surface area contributed by atoms with Crippen LogP contribution in [0.2, 0.25) is 0 Å². The smallest absolute Gasteiger partial charge is 0.325 e. The van der Waals surface area contributed by atoms with Gasteiger partial charge in [0.15, 0.2) is 5.25 Å². The SMILES string of the molecule is COC(=O)[C@@H](C[C@@H]1CCCO1)S(=O)(=O)N(Cc1ccc(OC)cc1)Cc1ccc(OC)cc1. The largest absolute Gasteiger partial charge is 0.497 e. The van der Waals surface area contributed by atoms with Crippen molar-refractivity contribution >= 4 is 16.0 Å². The molecule has 0 bridgehead atoms. The normalized spacial score (nSPS) is 17.0. The highest BCUT2D eigenvalue weighted by atomic mass is 32.2. The quantitative estimate of drug-likeness (QED) is 0.459. The Labute approximate surface area is 195 Å². The fourth-order valence-electron chi connectivity index (χ4n) is 3.82. The molecule has 2 atom stereocenters. The van der Waals surface area contributed by atoms with Crippen LogP contribution in [-0.2, 0) is 37.4 Å². The number of methoxy groups -OCH3 is 3. The molecule has 33 heavy (non-hydrogen) atoms. The Morgan fingerprint density at radius 2 is 1.48 bits per heavy atom. The van der Waals surface area contributed by atoms with Crippen LogP contribution >= 0.6 is 0 Å². The van der Waals surface area contributed by atoms with Crippen LogP contribution in [0, 0.1) is 0 Å². The number of carbonyl (C=O) groups is 1. The summed E-state index contributed by atoms with van der Waals surface area (Å²) in [6, 6.07) is 14.3. The lowest BCUT2D eigenvalue weighted by Crippen LogP contribution is -2.44. The van der Waals surface area contributed by atoms with Gasteiger partial charge in [-0.1, -0.05) is 24.3 Å². The van der Waals surface area contributed by atoms with Gasteiger partial charge in [-0.2, -0.15) is 4.31 Å². The topological polar surface area (TPSA) is 91.4 Å². The Bertz CT molecular complexity index is 951. The molecule has 1 heterocycles. The van der Waals surface area contributed by atoms with Gasteiger partial charge >= 0.3 is 5.97 Å². The van der Waals surface area contributed by atoms with Gasteiger partial charge in [0, 0.05) is 26.1 Å². The third-order valence-corrected chi connectivity index (χ3v) is 7.80. The van der Waals surface area contributed by atoms with Gasteiger partial charge in [-0.25, -0.2) is 8.42 Å². The summed E-state index contributed by atoms with van der Waals surface area (Å²) in [7, 11) is 0.274. The van der Waals surface area contributed by atoms with Crippen LogP contribution in [0.5, 0.6) is 11.5 Å². The molecule has 0 amide bonds. The summed E-state index contributed by atoms with van der Waals surface area (Å²) in [5.74, 6) is 0.572. The van der Waals surface area contributed by atoms with Crippen molar-refractivity contribution < 1.29 is 32.2 Å². The molecule has 2 aromatic rings. The van der Waals surface area contributed by atoms with Crippen molar-refractivity contribution in [3.05, 3.63) is 59.7 Å². The van der Waals surface area contributed by atoms with E-state index in [1.807, 2.05) is 24.3 Å². The molecule has 180 valence electrons. The third kappa shape index (κ3) is 6.46. The summed E-state index contributed by atoms with van der Waals surface area (Å²) in [5, 5.41) is -1.35. The van der Waals surface area contributed by atoms with Crippen LogP contribution in [0.3, 0.4) is 0 Å². The predicted molar refractivity (Wildman–Crippen MR) is 124 cm³/mol. The van der Waals surface area contributed by atoms with Gasteiger partial charge in [0.25, 0.3) is 0 Å². The molecule has 1 fully saturated rings. The van der Waals surface area contributed by atoms with Gasteiger partial charge in [-0.15, -0.1) is 0 Å². The lowest BCUT2D eigenvalue weighted by atomic mass is 10.1. The molecule has 1 aliphatic heterocycles. The van der Waals surface area contributed by atoms with Crippen molar-refractivity contribution in [2.45, 2.75) is 43.7 Å². The first-order chi connectivity index (χ1) is 15.9. The van der Waals surface area contributed by atoms with Crippen molar-refractivity contribution in [2.24, 2.45) is 0 Å². The Kier molecular flexibility index (Phi) is 8.71. The molecule has 0 radical (unpaired) electrons. The second kappa shape index (κ2) is 11.5. The van der Waals surface area contributed by atoms with Gasteiger partial charge in [-0.3, -0.25) is 4.79 Å². The van der Waals surface area contributed by atoms with E-state index in [2.05, 4.69) is 0 Å². The van der Waals surface area contributed by atoms with E-state index in [9.17, 15) is 13.2 Å². The molecule has 0 aliphatic carbocycles. The molecule has 0 unspecified atom stereocenters. The number of benzene rings is 2. The van der Waals surface area contributed by atoms with Crippen molar-refractivity contribution in [3.8, 4) is 11.5 Å². The molecular formula is C24H31NO7S. The summed E-state index contributed by atoms with van der Waals surface area (Å²) >= 11 is 0. The first kappa shape index (κ1) is 25.0. The van der Waals surface area contributed by atoms with E-state index in [-0.39, 0.29) is 25.6 Å². The van der Waals surface area contributed by atoms with E-state index in [1.54, 1.807) is 38.5 Å². The molecule has 1 aliphatic rings. The van der Waals surface area contributed by atoms with Gasteiger partial charge in [0.2, 0.25) is 10.0 Å². The maximum atomic E-state index is 13.8.